The van der Waals surface area contributed by atoms with E-state index in [1.807, 2.05) is 24.3 Å². The SMILES string of the molecule is COc1ccc(C(=O)c2ccc(CCN)cc2)c(OC)c1. The minimum atomic E-state index is -0.0752. The highest BCUT2D eigenvalue weighted by molar-refractivity contribution is 6.10. The zero-order valence-electron chi connectivity index (χ0n) is 12.3. The van der Waals surface area contributed by atoms with Gasteiger partial charge in [-0.1, -0.05) is 24.3 Å². The number of benzene rings is 2. The highest BCUT2D eigenvalue weighted by Gasteiger charge is 2.15. The maximum Gasteiger partial charge on any atom is 0.196 e. The quantitative estimate of drug-likeness (QED) is 0.828. The van der Waals surface area contributed by atoms with Crippen LogP contribution in [0.1, 0.15) is 21.5 Å². The lowest BCUT2D eigenvalue weighted by Gasteiger charge is -2.10. The van der Waals surface area contributed by atoms with Gasteiger partial charge in [0.15, 0.2) is 5.78 Å². The molecule has 0 spiro atoms. The third-order valence-corrected chi connectivity index (χ3v) is 3.30. The largest absolute Gasteiger partial charge is 0.497 e. The first-order valence-corrected chi connectivity index (χ1v) is 6.75. The van der Waals surface area contributed by atoms with Crippen LogP contribution in [0.3, 0.4) is 0 Å². The highest BCUT2D eigenvalue weighted by Crippen LogP contribution is 2.26. The normalized spacial score (nSPS) is 10.2. The Morgan fingerprint density at radius 2 is 1.76 bits per heavy atom. The summed E-state index contributed by atoms with van der Waals surface area (Å²) < 4.78 is 10.4. The summed E-state index contributed by atoms with van der Waals surface area (Å²) >= 11 is 0. The van der Waals surface area contributed by atoms with Crippen molar-refractivity contribution in [3.63, 3.8) is 0 Å². The first kappa shape index (κ1) is 15.1. The standard InChI is InChI=1S/C17H19NO3/c1-20-14-7-8-15(16(11-14)21-2)17(19)13-5-3-12(4-6-13)9-10-18/h3-8,11H,9-10,18H2,1-2H3. The molecule has 0 saturated carbocycles. The first-order valence-electron chi connectivity index (χ1n) is 6.75. The van der Waals surface area contributed by atoms with Gasteiger partial charge in [0.2, 0.25) is 0 Å². The molecule has 0 fully saturated rings. The second kappa shape index (κ2) is 6.90. The number of nitrogens with two attached hydrogens (primary N) is 1. The van der Waals surface area contributed by atoms with Crippen molar-refractivity contribution in [2.45, 2.75) is 6.42 Å². The Labute approximate surface area is 124 Å². The van der Waals surface area contributed by atoms with E-state index in [2.05, 4.69) is 0 Å². The molecule has 21 heavy (non-hydrogen) atoms. The second-order valence-electron chi connectivity index (χ2n) is 4.63. The fraction of sp³-hybridized carbons (Fsp3) is 0.235. The molecule has 110 valence electrons. The maximum atomic E-state index is 12.5. The molecular weight excluding hydrogens is 266 g/mol. The average molecular weight is 285 g/mol. The van der Waals surface area contributed by atoms with Crippen molar-refractivity contribution in [2.75, 3.05) is 20.8 Å². The summed E-state index contributed by atoms with van der Waals surface area (Å²) in [5.41, 5.74) is 7.78. The Morgan fingerprint density at radius 3 is 2.33 bits per heavy atom. The highest BCUT2D eigenvalue weighted by atomic mass is 16.5. The third-order valence-electron chi connectivity index (χ3n) is 3.30. The molecule has 2 rings (SSSR count). The molecule has 0 radical (unpaired) electrons. The van der Waals surface area contributed by atoms with Crippen LogP contribution >= 0.6 is 0 Å². The van der Waals surface area contributed by atoms with Crippen LogP contribution in [0.25, 0.3) is 0 Å². The number of ether oxygens (including phenoxy) is 2. The van der Waals surface area contributed by atoms with Gasteiger partial charge in [-0.05, 0) is 30.7 Å². The van der Waals surface area contributed by atoms with Crippen molar-refractivity contribution in [3.8, 4) is 11.5 Å². The van der Waals surface area contributed by atoms with Crippen molar-refractivity contribution in [2.24, 2.45) is 5.73 Å². The summed E-state index contributed by atoms with van der Waals surface area (Å²) in [4.78, 5) is 12.5. The van der Waals surface area contributed by atoms with E-state index in [-0.39, 0.29) is 5.78 Å². The van der Waals surface area contributed by atoms with Crippen molar-refractivity contribution in [1.82, 2.24) is 0 Å². The van der Waals surface area contributed by atoms with E-state index in [1.165, 1.54) is 7.11 Å². The fourth-order valence-corrected chi connectivity index (χ4v) is 2.13. The number of rotatable bonds is 6. The van der Waals surface area contributed by atoms with Gasteiger partial charge in [-0.25, -0.2) is 0 Å². The van der Waals surface area contributed by atoms with Gasteiger partial charge >= 0.3 is 0 Å². The van der Waals surface area contributed by atoms with E-state index in [0.717, 1.165) is 12.0 Å². The topological polar surface area (TPSA) is 61.5 Å². The molecule has 0 aromatic heterocycles. The van der Waals surface area contributed by atoms with Gasteiger partial charge < -0.3 is 15.2 Å². The van der Waals surface area contributed by atoms with Gasteiger partial charge in [0.25, 0.3) is 0 Å². The third kappa shape index (κ3) is 3.41. The summed E-state index contributed by atoms with van der Waals surface area (Å²) in [6.45, 7) is 0.597. The molecule has 2 aromatic carbocycles. The van der Waals surface area contributed by atoms with Crippen molar-refractivity contribution >= 4 is 5.78 Å². The van der Waals surface area contributed by atoms with Gasteiger partial charge in [0, 0.05) is 11.6 Å². The van der Waals surface area contributed by atoms with Gasteiger partial charge in [0.05, 0.1) is 19.8 Å². The lowest BCUT2D eigenvalue weighted by molar-refractivity contribution is 0.103. The molecule has 0 unspecified atom stereocenters. The predicted molar refractivity (Wildman–Crippen MR) is 82.2 cm³/mol. The Morgan fingerprint density at radius 1 is 1.05 bits per heavy atom. The van der Waals surface area contributed by atoms with E-state index >= 15 is 0 Å². The lowest BCUT2D eigenvalue weighted by atomic mass is 10.0. The molecule has 2 aromatic rings. The molecule has 0 bridgehead atoms. The Hall–Kier alpha value is -2.33. The number of carbonyl (C=O) groups is 1. The average Bonchev–Trinajstić information content (AvgIpc) is 2.54. The number of methoxy groups -OCH3 is 2. The van der Waals surface area contributed by atoms with Crippen molar-refractivity contribution in [3.05, 3.63) is 59.2 Å². The smallest absolute Gasteiger partial charge is 0.196 e. The van der Waals surface area contributed by atoms with E-state index in [1.54, 1.807) is 25.3 Å². The van der Waals surface area contributed by atoms with Crippen LogP contribution < -0.4 is 15.2 Å². The number of ketones is 1. The molecule has 0 amide bonds. The number of carbonyl (C=O) groups excluding carboxylic acids is 1. The van der Waals surface area contributed by atoms with Gasteiger partial charge in [-0.3, -0.25) is 4.79 Å². The number of hydrogen-bond donors (Lipinski definition) is 1. The molecule has 0 heterocycles. The molecule has 0 aliphatic carbocycles. The molecule has 0 aliphatic heterocycles. The Balaban J connectivity index is 2.30. The molecule has 0 saturated heterocycles. The molecule has 0 aliphatic rings. The van der Waals surface area contributed by atoms with Gasteiger partial charge in [0.1, 0.15) is 11.5 Å². The lowest BCUT2D eigenvalue weighted by Crippen LogP contribution is -2.06. The van der Waals surface area contributed by atoms with Gasteiger partial charge in [-0.15, -0.1) is 0 Å². The minimum absolute atomic E-state index is 0.0752. The summed E-state index contributed by atoms with van der Waals surface area (Å²) in [7, 11) is 3.11. The van der Waals surface area contributed by atoms with Crippen LogP contribution in [0.5, 0.6) is 11.5 Å². The summed E-state index contributed by atoms with van der Waals surface area (Å²) in [5, 5.41) is 0. The fourth-order valence-electron chi connectivity index (χ4n) is 2.13. The summed E-state index contributed by atoms with van der Waals surface area (Å²) in [6.07, 6.45) is 0.806. The molecule has 2 N–H and O–H groups in total. The van der Waals surface area contributed by atoms with Gasteiger partial charge in [-0.2, -0.15) is 0 Å². The first-order chi connectivity index (χ1) is 10.2. The van der Waals surface area contributed by atoms with E-state index in [4.69, 9.17) is 15.2 Å². The Bertz CT molecular complexity index is 620. The van der Waals surface area contributed by atoms with E-state index in [0.29, 0.717) is 29.2 Å². The van der Waals surface area contributed by atoms with Crippen LogP contribution in [0.15, 0.2) is 42.5 Å². The van der Waals surface area contributed by atoms with Crippen LogP contribution in [-0.4, -0.2) is 26.5 Å². The van der Waals surface area contributed by atoms with Crippen LogP contribution in [0.4, 0.5) is 0 Å². The van der Waals surface area contributed by atoms with Crippen molar-refractivity contribution in [1.29, 1.82) is 0 Å². The molecule has 4 heteroatoms. The monoisotopic (exact) mass is 285 g/mol. The summed E-state index contributed by atoms with van der Waals surface area (Å²) in [6, 6.07) is 12.7. The Kier molecular flexibility index (Phi) is 4.95. The number of hydrogen-bond acceptors (Lipinski definition) is 4. The van der Waals surface area contributed by atoms with Crippen molar-refractivity contribution < 1.29 is 14.3 Å². The van der Waals surface area contributed by atoms with Crippen LogP contribution in [0.2, 0.25) is 0 Å². The molecule has 0 atom stereocenters. The zero-order valence-corrected chi connectivity index (χ0v) is 12.3. The maximum absolute atomic E-state index is 12.5. The molecule has 4 nitrogen and oxygen atoms in total. The zero-order chi connectivity index (χ0) is 15.2. The van der Waals surface area contributed by atoms with E-state index in [9.17, 15) is 4.79 Å². The second-order valence-corrected chi connectivity index (χ2v) is 4.63. The summed E-state index contributed by atoms with van der Waals surface area (Å²) in [5.74, 6) is 1.08. The van der Waals surface area contributed by atoms with Crippen LogP contribution in [0, 0.1) is 0 Å². The minimum Gasteiger partial charge on any atom is -0.497 e. The van der Waals surface area contributed by atoms with E-state index < -0.39 is 0 Å². The van der Waals surface area contributed by atoms with Crippen LogP contribution in [-0.2, 0) is 6.42 Å². The molecular formula is C17H19NO3. The predicted octanol–water partition coefficient (Wildman–Crippen LogP) is 2.44.